The zero-order chi connectivity index (χ0) is 14.0. The van der Waals surface area contributed by atoms with Gasteiger partial charge in [0.15, 0.2) is 5.78 Å². The zero-order valence-corrected chi connectivity index (χ0v) is 13.0. The van der Waals surface area contributed by atoms with Crippen LogP contribution in [0.5, 0.6) is 5.75 Å². The van der Waals surface area contributed by atoms with Crippen molar-refractivity contribution < 1.29 is 9.53 Å². The molecule has 0 N–H and O–H groups in total. The van der Waals surface area contributed by atoms with Gasteiger partial charge in [0.25, 0.3) is 0 Å². The molecule has 0 saturated heterocycles. The normalized spacial score (nSPS) is 10.3. The van der Waals surface area contributed by atoms with Gasteiger partial charge in [0.2, 0.25) is 0 Å². The lowest BCUT2D eigenvalue weighted by Crippen LogP contribution is -2.04. The Labute approximate surface area is 129 Å². The summed E-state index contributed by atoms with van der Waals surface area (Å²) >= 11 is 15.3. The van der Waals surface area contributed by atoms with Crippen molar-refractivity contribution in [3.63, 3.8) is 0 Å². The largest absolute Gasteiger partial charge is 0.497 e. The molecule has 0 fully saturated rings. The third-order valence-electron chi connectivity index (χ3n) is 2.59. The highest BCUT2D eigenvalue weighted by Gasteiger charge is 2.17. The number of hydrogen-bond acceptors (Lipinski definition) is 2. The molecule has 2 nitrogen and oxygen atoms in total. The molecule has 2 aromatic carbocycles. The summed E-state index contributed by atoms with van der Waals surface area (Å²) in [4.78, 5) is 12.5. The van der Waals surface area contributed by atoms with Gasteiger partial charge in [0.1, 0.15) is 5.75 Å². The Morgan fingerprint density at radius 1 is 1.11 bits per heavy atom. The van der Waals surface area contributed by atoms with E-state index in [1.165, 1.54) is 0 Å². The van der Waals surface area contributed by atoms with Crippen LogP contribution < -0.4 is 4.74 Å². The Balaban J connectivity index is 2.52. The van der Waals surface area contributed by atoms with Gasteiger partial charge in [-0.1, -0.05) is 39.1 Å². The molecule has 0 aliphatic heterocycles. The average Bonchev–Trinajstić information content (AvgIpc) is 2.41. The summed E-state index contributed by atoms with van der Waals surface area (Å²) in [6, 6.07) is 9.97. The highest BCUT2D eigenvalue weighted by atomic mass is 79.9. The Kier molecular flexibility index (Phi) is 4.50. The van der Waals surface area contributed by atoms with Gasteiger partial charge < -0.3 is 4.74 Å². The predicted octanol–water partition coefficient (Wildman–Crippen LogP) is 5.00. The third-order valence-corrected chi connectivity index (χ3v) is 3.85. The van der Waals surface area contributed by atoms with Crippen molar-refractivity contribution in [2.75, 3.05) is 7.11 Å². The molecule has 0 heterocycles. The second-order valence-corrected chi connectivity index (χ2v) is 5.50. The van der Waals surface area contributed by atoms with Crippen molar-refractivity contribution in [1.82, 2.24) is 0 Å². The number of benzene rings is 2. The Morgan fingerprint density at radius 2 is 1.84 bits per heavy atom. The van der Waals surface area contributed by atoms with Crippen LogP contribution in [0, 0.1) is 0 Å². The number of ketones is 1. The van der Waals surface area contributed by atoms with Gasteiger partial charge >= 0.3 is 0 Å². The minimum atomic E-state index is -0.210. The third kappa shape index (κ3) is 3.11. The van der Waals surface area contributed by atoms with Crippen LogP contribution in [0.4, 0.5) is 0 Å². The quantitative estimate of drug-likeness (QED) is 0.721. The fraction of sp³-hybridized carbons (Fsp3) is 0.0714. The first-order chi connectivity index (χ1) is 9.02. The van der Waals surface area contributed by atoms with Crippen LogP contribution in [0.3, 0.4) is 0 Å². The van der Waals surface area contributed by atoms with Gasteiger partial charge in [0, 0.05) is 20.6 Å². The maximum atomic E-state index is 12.5. The van der Waals surface area contributed by atoms with E-state index in [0.29, 0.717) is 31.4 Å². The summed E-state index contributed by atoms with van der Waals surface area (Å²) in [5, 5.41) is 0.830. The molecule has 0 aliphatic carbocycles. The van der Waals surface area contributed by atoms with Crippen molar-refractivity contribution in [3.05, 3.63) is 62.0 Å². The molecule has 0 atom stereocenters. The van der Waals surface area contributed by atoms with Crippen LogP contribution in [-0.2, 0) is 0 Å². The van der Waals surface area contributed by atoms with Crippen LogP contribution in [0.15, 0.2) is 40.9 Å². The second kappa shape index (κ2) is 5.95. The standard InChI is InChI=1S/C14H9BrCl2O2/c1-19-9-3-4-12(15)10(7-9)14(18)11-6-8(16)2-5-13(11)17/h2-7H,1H3. The van der Waals surface area contributed by atoms with E-state index in [9.17, 15) is 4.79 Å². The predicted molar refractivity (Wildman–Crippen MR) is 80.6 cm³/mol. The molecule has 0 aromatic heterocycles. The maximum Gasteiger partial charge on any atom is 0.195 e. The molecular weight excluding hydrogens is 351 g/mol. The summed E-state index contributed by atoms with van der Waals surface area (Å²) in [5.74, 6) is 0.392. The van der Waals surface area contributed by atoms with E-state index in [-0.39, 0.29) is 5.78 Å². The number of halogens is 3. The Morgan fingerprint density at radius 3 is 2.53 bits per heavy atom. The van der Waals surface area contributed by atoms with Crippen molar-refractivity contribution in [2.45, 2.75) is 0 Å². The smallest absolute Gasteiger partial charge is 0.195 e. The van der Waals surface area contributed by atoms with Crippen LogP contribution in [0.25, 0.3) is 0 Å². The topological polar surface area (TPSA) is 26.3 Å². The fourth-order valence-electron chi connectivity index (χ4n) is 1.62. The molecule has 0 unspecified atom stereocenters. The first-order valence-electron chi connectivity index (χ1n) is 5.36. The van der Waals surface area contributed by atoms with E-state index in [0.717, 1.165) is 0 Å². The summed E-state index contributed by atoms with van der Waals surface area (Å²) in [6.45, 7) is 0. The van der Waals surface area contributed by atoms with Crippen molar-refractivity contribution >= 4 is 44.9 Å². The van der Waals surface area contributed by atoms with Gasteiger partial charge in [-0.15, -0.1) is 0 Å². The molecule has 0 aliphatic rings. The monoisotopic (exact) mass is 358 g/mol. The van der Waals surface area contributed by atoms with E-state index < -0.39 is 0 Å². The summed E-state index contributed by atoms with van der Waals surface area (Å²) in [7, 11) is 1.55. The number of carbonyl (C=O) groups excluding carboxylic acids is 1. The van der Waals surface area contributed by atoms with Gasteiger partial charge in [0.05, 0.1) is 12.1 Å². The lowest BCUT2D eigenvalue weighted by molar-refractivity contribution is 0.103. The molecule has 2 rings (SSSR count). The van der Waals surface area contributed by atoms with E-state index in [1.807, 2.05) is 0 Å². The van der Waals surface area contributed by atoms with Gasteiger partial charge in [-0.05, 0) is 36.4 Å². The lowest BCUT2D eigenvalue weighted by Gasteiger charge is -2.08. The zero-order valence-electron chi connectivity index (χ0n) is 9.91. The first kappa shape index (κ1) is 14.4. The Hall–Kier alpha value is -1.03. The highest BCUT2D eigenvalue weighted by Crippen LogP contribution is 2.28. The van der Waals surface area contributed by atoms with Crippen molar-refractivity contribution in [3.8, 4) is 5.75 Å². The number of methoxy groups -OCH3 is 1. The van der Waals surface area contributed by atoms with E-state index >= 15 is 0 Å². The second-order valence-electron chi connectivity index (χ2n) is 3.80. The van der Waals surface area contributed by atoms with Crippen LogP contribution in [0.1, 0.15) is 15.9 Å². The van der Waals surface area contributed by atoms with Gasteiger partial charge in [-0.25, -0.2) is 0 Å². The molecule has 0 saturated carbocycles. The fourth-order valence-corrected chi connectivity index (χ4v) is 2.42. The van der Waals surface area contributed by atoms with Crippen LogP contribution in [0.2, 0.25) is 10.0 Å². The van der Waals surface area contributed by atoms with E-state index in [2.05, 4.69) is 15.9 Å². The first-order valence-corrected chi connectivity index (χ1v) is 6.91. The molecule has 5 heteroatoms. The molecular formula is C14H9BrCl2O2. The van der Waals surface area contributed by atoms with Crippen molar-refractivity contribution in [2.24, 2.45) is 0 Å². The van der Waals surface area contributed by atoms with E-state index in [1.54, 1.807) is 43.5 Å². The minimum absolute atomic E-state index is 0.210. The van der Waals surface area contributed by atoms with Crippen molar-refractivity contribution in [1.29, 1.82) is 0 Å². The van der Waals surface area contributed by atoms with Crippen LogP contribution in [-0.4, -0.2) is 12.9 Å². The summed E-state index contributed by atoms with van der Waals surface area (Å²) in [5.41, 5.74) is 0.839. The van der Waals surface area contributed by atoms with E-state index in [4.69, 9.17) is 27.9 Å². The number of ether oxygens (including phenoxy) is 1. The van der Waals surface area contributed by atoms with Gasteiger partial charge in [-0.2, -0.15) is 0 Å². The molecule has 19 heavy (non-hydrogen) atoms. The molecule has 0 radical (unpaired) electrons. The number of hydrogen-bond donors (Lipinski definition) is 0. The molecule has 0 amide bonds. The average molecular weight is 360 g/mol. The lowest BCUT2D eigenvalue weighted by atomic mass is 10.0. The number of rotatable bonds is 3. The van der Waals surface area contributed by atoms with Gasteiger partial charge in [-0.3, -0.25) is 4.79 Å². The molecule has 0 bridgehead atoms. The molecule has 2 aromatic rings. The molecule has 98 valence electrons. The summed E-state index contributed by atoms with van der Waals surface area (Å²) < 4.78 is 5.79. The molecule has 0 spiro atoms. The Bertz CT molecular complexity index is 641. The SMILES string of the molecule is COc1ccc(Br)c(C(=O)c2cc(Cl)ccc2Cl)c1. The maximum absolute atomic E-state index is 12.5. The number of carbonyl (C=O) groups is 1. The summed E-state index contributed by atoms with van der Waals surface area (Å²) in [6.07, 6.45) is 0. The highest BCUT2D eigenvalue weighted by molar-refractivity contribution is 9.10. The minimum Gasteiger partial charge on any atom is -0.497 e. The van der Waals surface area contributed by atoms with Crippen LogP contribution >= 0.6 is 39.1 Å².